The van der Waals surface area contributed by atoms with Crippen LogP contribution in [0.15, 0.2) is 41.2 Å². The van der Waals surface area contributed by atoms with E-state index in [0.717, 1.165) is 17.0 Å². The van der Waals surface area contributed by atoms with E-state index in [2.05, 4.69) is 0 Å². The Morgan fingerprint density at radius 1 is 1.32 bits per heavy atom. The lowest BCUT2D eigenvalue weighted by atomic mass is 10.1. The van der Waals surface area contributed by atoms with Gasteiger partial charge in [-0.1, -0.05) is 17.7 Å². The van der Waals surface area contributed by atoms with E-state index in [1.54, 1.807) is 35.5 Å². The smallest absolute Gasteiger partial charge is 0.250 e. The van der Waals surface area contributed by atoms with Gasteiger partial charge in [0.05, 0.1) is 10.7 Å². The molecule has 1 heterocycles. The number of nitrogens with zero attached hydrogens (tertiary/aromatic N) is 1. The highest BCUT2D eigenvalue weighted by Gasteiger charge is 2.08. The molecule has 0 N–H and O–H groups in total. The van der Waals surface area contributed by atoms with Crippen LogP contribution in [0.1, 0.15) is 0 Å². The van der Waals surface area contributed by atoms with Crippen molar-refractivity contribution in [3.63, 3.8) is 0 Å². The monoisotopic (exact) mass is 295 g/mol. The molecule has 0 saturated carbocycles. The van der Waals surface area contributed by atoms with Crippen LogP contribution in [0.3, 0.4) is 0 Å². The Kier molecular flexibility index (Phi) is 4.56. The van der Waals surface area contributed by atoms with Gasteiger partial charge >= 0.3 is 0 Å². The highest BCUT2D eigenvalue weighted by Crippen LogP contribution is 2.30. The van der Waals surface area contributed by atoms with Gasteiger partial charge in [-0.25, -0.2) is 0 Å². The summed E-state index contributed by atoms with van der Waals surface area (Å²) in [6.45, 7) is 0. The molecule has 0 atom stereocenters. The molecule has 19 heavy (non-hydrogen) atoms. The van der Waals surface area contributed by atoms with E-state index in [1.165, 1.54) is 6.07 Å². The van der Waals surface area contributed by atoms with Crippen molar-refractivity contribution in [3.05, 3.63) is 51.8 Å². The predicted molar refractivity (Wildman–Crippen MR) is 81.1 cm³/mol. The van der Waals surface area contributed by atoms with E-state index >= 15 is 0 Å². The van der Waals surface area contributed by atoms with Gasteiger partial charge in [0.2, 0.25) is 0 Å². The van der Waals surface area contributed by atoms with Crippen LogP contribution < -0.4 is 10.3 Å². The van der Waals surface area contributed by atoms with Crippen LogP contribution in [0.5, 0.6) is 5.75 Å². The molecule has 3 nitrogen and oxygen atoms in total. The predicted octanol–water partition coefficient (Wildman–Crippen LogP) is 3.41. The van der Waals surface area contributed by atoms with Crippen molar-refractivity contribution in [2.24, 2.45) is 7.05 Å². The highest BCUT2D eigenvalue weighted by atomic mass is 35.5. The van der Waals surface area contributed by atoms with Crippen molar-refractivity contribution < 1.29 is 4.74 Å². The summed E-state index contributed by atoms with van der Waals surface area (Å²) < 4.78 is 7.06. The zero-order valence-electron chi connectivity index (χ0n) is 10.7. The van der Waals surface area contributed by atoms with Crippen LogP contribution >= 0.6 is 23.4 Å². The first-order valence-corrected chi connectivity index (χ1v) is 7.48. The van der Waals surface area contributed by atoms with Gasteiger partial charge in [-0.3, -0.25) is 4.79 Å². The maximum atomic E-state index is 11.6. The largest absolute Gasteiger partial charge is 0.483 e. The van der Waals surface area contributed by atoms with Crippen molar-refractivity contribution in [3.8, 4) is 17.0 Å². The molecule has 0 unspecified atom stereocenters. The zero-order valence-corrected chi connectivity index (χ0v) is 12.3. The maximum Gasteiger partial charge on any atom is 0.250 e. The van der Waals surface area contributed by atoms with E-state index in [4.69, 9.17) is 16.3 Å². The molecule has 0 bridgehead atoms. The summed E-state index contributed by atoms with van der Waals surface area (Å²) in [5.41, 5.74) is 1.54. The van der Waals surface area contributed by atoms with Crippen LogP contribution in [0.2, 0.25) is 5.02 Å². The molecule has 0 aliphatic rings. The molecule has 100 valence electrons. The second kappa shape index (κ2) is 6.17. The van der Waals surface area contributed by atoms with Gasteiger partial charge in [-0.05, 0) is 30.5 Å². The number of ether oxygens (including phenoxy) is 1. The first-order chi connectivity index (χ1) is 9.13. The van der Waals surface area contributed by atoms with Crippen molar-refractivity contribution in [1.82, 2.24) is 4.57 Å². The molecule has 0 fully saturated rings. The summed E-state index contributed by atoms with van der Waals surface area (Å²) in [4.78, 5) is 11.6. The van der Waals surface area contributed by atoms with Gasteiger partial charge in [-0.15, -0.1) is 11.8 Å². The molecule has 0 radical (unpaired) electrons. The highest BCUT2D eigenvalue weighted by molar-refractivity contribution is 7.98. The van der Waals surface area contributed by atoms with Gasteiger partial charge < -0.3 is 9.30 Å². The lowest BCUT2D eigenvalue weighted by molar-refractivity contribution is 0.393. The number of rotatable bonds is 4. The summed E-state index contributed by atoms with van der Waals surface area (Å²) in [6.07, 6.45) is 1.97. The van der Waals surface area contributed by atoms with Gasteiger partial charge in [0.1, 0.15) is 11.7 Å². The molecular formula is C14H14ClNO2S. The quantitative estimate of drug-likeness (QED) is 0.810. The molecule has 0 spiro atoms. The third-order valence-electron chi connectivity index (χ3n) is 2.74. The Labute approximate surface area is 121 Å². The Morgan fingerprint density at radius 2 is 2.11 bits per heavy atom. The molecule has 2 aromatic rings. The number of hydrogen-bond acceptors (Lipinski definition) is 3. The molecule has 0 aliphatic heterocycles. The van der Waals surface area contributed by atoms with Gasteiger partial charge in [-0.2, -0.15) is 0 Å². The standard InChI is InChI=1S/C14H14ClNO2S/c1-16-13(4-3-5-14(16)17)11-7-6-10(8-12(11)15)18-9-19-2/h3-8H,9H2,1-2H3. The van der Waals surface area contributed by atoms with Crippen LogP contribution in [-0.2, 0) is 7.05 Å². The van der Waals surface area contributed by atoms with E-state index in [9.17, 15) is 4.79 Å². The van der Waals surface area contributed by atoms with Crippen molar-refractivity contribution >= 4 is 23.4 Å². The Bertz CT molecular complexity index is 640. The number of hydrogen-bond donors (Lipinski definition) is 0. The minimum atomic E-state index is -0.0590. The number of aromatic nitrogens is 1. The first kappa shape index (κ1) is 14.0. The topological polar surface area (TPSA) is 31.2 Å². The molecule has 0 amide bonds. The first-order valence-electron chi connectivity index (χ1n) is 5.71. The molecule has 5 heteroatoms. The second-order valence-electron chi connectivity index (χ2n) is 4.00. The van der Waals surface area contributed by atoms with E-state index < -0.39 is 0 Å². The fraction of sp³-hybridized carbons (Fsp3) is 0.214. The molecule has 2 rings (SSSR count). The van der Waals surface area contributed by atoms with E-state index in [-0.39, 0.29) is 5.56 Å². The lowest BCUT2D eigenvalue weighted by Gasteiger charge is -2.11. The average molecular weight is 296 g/mol. The van der Waals surface area contributed by atoms with Crippen molar-refractivity contribution in [2.45, 2.75) is 0 Å². The molecule has 1 aromatic heterocycles. The Balaban J connectivity index is 2.41. The second-order valence-corrected chi connectivity index (χ2v) is 5.22. The summed E-state index contributed by atoms with van der Waals surface area (Å²) >= 11 is 7.86. The summed E-state index contributed by atoms with van der Waals surface area (Å²) in [5.74, 6) is 1.31. The van der Waals surface area contributed by atoms with Crippen LogP contribution in [0.25, 0.3) is 11.3 Å². The number of thioether (sulfide) groups is 1. The Morgan fingerprint density at radius 3 is 2.79 bits per heavy atom. The molecular weight excluding hydrogens is 282 g/mol. The van der Waals surface area contributed by atoms with Crippen molar-refractivity contribution in [1.29, 1.82) is 0 Å². The normalized spacial score (nSPS) is 10.5. The van der Waals surface area contributed by atoms with Gasteiger partial charge in [0.15, 0.2) is 0 Å². The third kappa shape index (κ3) is 3.14. The summed E-state index contributed by atoms with van der Waals surface area (Å²) in [7, 11) is 1.73. The lowest BCUT2D eigenvalue weighted by Crippen LogP contribution is -2.16. The van der Waals surface area contributed by atoms with Gasteiger partial charge in [0, 0.05) is 18.7 Å². The fourth-order valence-electron chi connectivity index (χ4n) is 1.75. The van der Waals surface area contributed by atoms with Crippen molar-refractivity contribution in [2.75, 3.05) is 12.2 Å². The van der Waals surface area contributed by atoms with E-state index in [0.29, 0.717) is 11.0 Å². The number of benzene rings is 1. The SMILES string of the molecule is CSCOc1ccc(-c2cccc(=O)n2C)c(Cl)c1. The van der Waals surface area contributed by atoms with E-state index in [1.807, 2.05) is 24.5 Å². The van der Waals surface area contributed by atoms with Crippen LogP contribution in [0, 0.1) is 0 Å². The maximum absolute atomic E-state index is 11.6. The van der Waals surface area contributed by atoms with Crippen LogP contribution in [-0.4, -0.2) is 16.8 Å². The fourth-order valence-corrected chi connectivity index (χ4v) is 2.28. The zero-order chi connectivity index (χ0) is 13.8. The summed E-state index contributed by atoms with van der Waals surface area (Å²) in [5, 5.41) is 0.569. The number of pyridine rings is 1. The molecule has 1 aromatic carbocycles. The third-order valence-corrected chi connectivity index (χ3v) is 3.41. The average Bonchev–Trinajstić information content (AvgIpc) is 2.40. The Hall–Kier alpha value is -1.39. The minimum Gasteiger partial charge on any atom is -0.483 e. The van der Waals surface area contributed by atoms with Crippen LogP contribution in [0.4, 0.5) is 0 Å². The van der Waals surface area contributed by atoms with Gasteiger partial charge in [0.25, 0.3) is 5.56 Å². The number of halogens is 1. The minimum absolute atomic E-state index is 0.0590. The summed E-state index contributed by atoms with van der Waals surface area (Å²) in [6, 6.07) is 10.6. The molecule has 0 saturated heterocycles. The molecule has 0 aliphatic carbocycles.